The predicted octanol–water partition coefficient (Wildman–Crippen LogP) is 4.78. The van der Waals surface area contributed by atoms with Gasteiger partial charge in [0.15, 0.2) is 10.9 Å². The van der Waals surface area contributed by atoms with E-state index in [1.807, 2.05) is 29.9 Å². The van der Waals surface area contributed by atoms with Crippen LogP contribution in [0.4, 0.5) is 5.88 Å². The summed E-state index contributed by atoms with van der Waals surface area (Å²) in [5.74, 6) is 1.37. The fourth-order valence-corrected chi connectivity index (χ4v) is 3.59. The number of aryl methyl sites for hydroxylation is 2. The third-order valence-electron chi connectivity index (χ3n) is 4.41. The minimum Gasteiger partial charge on any atom is -0.455 e. The fraction of sp³-hybridized carbons (Fsp3) is 0.190. The van der Waals surface area contributed by atoms with Crippen LogP contribution in [0.2, 0.25) is 0 Å². The highest BCUT2D eigenvalue weighted by Gasteiger charge is 2.15. The van der Waals surface area contributed by atoms with E-state index < -0.39 is 0 Å². The highest BCUT2D eigenvalue weighted by atomic mass is 32.2. The van der Waals surface area contributed by atoms with E-state index in [4.69, 9.17) is 8.94 Å². The molecule has 1 N–H and O–H groups in total. The van der Waals surface area contributed by atoms with Crippen LogP contribution in [0.5, 0.6) is 0 Å². The maximum absolute atomic E-state index is 12.4. The number of amides is 1. The summed E-state index contributed by atoms with van der Waals surface area (Å²) in [6.07, 6.45) is 4.60. The Morgan fingerprint density at radius 2 is 2.03 bits per heavy atom. The Bertz CT molecular complexity index is 1110. The van der Waals surface area contributed by atoms with E-state index in [1.54, 1.807) is 24.4 Å². The van der Waals surface area contributed by atoms with Crippen molar-refractivity contribution in [3.8, 4) is 11.3 Å². The Hall–Kier alpha value is -3.26. The van der Waals surface area contributed by atoms with Gasteiger partial charge in [-0.3, -0.25) is 10.1 Å². The second-order valence-electron chi connectivity index (χ2n) is 6.46. The molecule has 0 spiro atoms. The molecule has 3 aromatic heterocycles. The number of thioether (sulfide) groups is 1. The molecule has 4 rings (SSSR count). The monoisotopic (exact) mass is 408 g/mol. The first-order valence-corrected chi connectivity index (χ1v) is 10.2. The van der Waals surface area contributed by atoms with Crippen molar-refractivity contribution >= 4 is 23.6 Å². The number of carbonyl (C=O) groups excluding carboxylic acids is 1. The van der Waals surface area contributed by atoms with Crippen molar-refractivity contribution in [1.29, 1.82) is 0 Å². The molecule has 0 aliphatic rings. The van der Waals surface area contributed by atoms with Gasteiger partial charge in [-0.2, -0.15) is 0 Å². The van der Waals surface area contributed by atoms with E-state index in [9.17, 15) is 4.79 Å². The van der Waals surface area contributed by atoms with Crippen LogP contribution >= 0.6 is 11.8 Å². The number of aromatic nitrogens is 3. The second-order valence-corrected chi connectivity index (χ2v) is 7.40. The number of furan rings is 1. The van der Waals surface area contributed by atoms with Crippen LogP contribution in [-0.4, -0.2) is 20.6 Å². The third-order valence-corrected chi connectivity index (χ3v) is 5.49. The summed E-state index contributed by atoms with van der Waals surface area (Å²) in [5, 5.41) is 7.59. The zero-order valence-corrected chi connectivity index (χ0v) is 16.9. The van der Waals surface area contributed by atoms with Gasteiger partial charge in [0.25, 0.3) is 5.91 Å². The Morgan fingerprint density at radius 1 is 1.21 bits per heavy atom. The van der Waals surface area contributed by atoms with Gasteiger partial charge in [-0.1, -0.05) is 48.1 Å². The summed E-state index contributed by atoms with van der Waals surface area (Å²) >= 11 is 1.54. The van der Waals surface area contributed by atoms with Gasteiger partial charge in [0.05, 0.1) is 5.75 Å². The maximum Gasteiger partial charge on any atom is 0.293 e. The van der Waals surface area contributed by atoms with Gasteiger partial charge in [-0.05, 0) is 24.1 Å². The standard InChI is InChI=1S/C21H20N4O3S/c1-3-14-4-6-15(7-5-14)17-12-19(28-24-17)23-20(26)18-9-8-16(27-18)13-29-21-22-10-11-25(21)2/h4-12H,3,13H2,1-2H3,(H,23,26). The molecule has 0 saturated carbocycles. The molecule has 0 bridgehead atoms. The second kappa shape index (κ2) is 8.40. The van der Waals surface area contributed by atoms with Crippen molar-refractivity contribution in [3.63, 3.8) is 0 Å². The lowest BCUT2D eigenvalue weighted by molar-refractivity contribution is 0.0992. The first kappa shape index (κ1) is 19.1. The molecule has 1 amide bonds. The summed E-state index contributed by atoms with van der Waals surface area (Å²) < 4.78 is 12.8. The van der Waals surface area contributed by atoms with Gasteiger partial charge < -0.3 is 13.5 Å². The number of anilines is 1. The number of hydrogen-bond acceptors (Lipinski definition) is 6. The Kier molecular flexibility index (Phi) is 5.53. The molecule has 0 radical (unpaired) electrons. The van der Waals surface area contributed by atoms with Crippen molar-refractivity contribution < 1.29 is 13.7 Å². The summed E-state index contributed by atoms with van der Waals surface area (Å²) in [5.41, 5.74) is 2.84. The van der Waals surface area contributed by atoms with E-state index in [-0.39, 0.29) is 17.6 Å². The number of nitrogens with zero attached hydrogens (tertiary/aromatic N) is 3. The van der Waals surface area contributed by atoms with Gasteiger partial charge in [0, 0.05) is 31.1 Å². The van der Waals surface area contributed by atoms with E-state index >= 15 is 0 Å². The molecular formula is C21H20N4O3S. The van der Waals surface area contributed by atoms with Crippen LogP contribution < -0.4 is 5.32 Å². The molecule has 4 aromatic rings. The van der Waals surface area contributed by atoms with Crippen LogP contribution in [0.15, 0.2) is 69.0 Å². The SMILES string of the molecule is CCc1ccc(-c2cc(NC(=O)c3ccc(CSc4nccn4C)o3)on2)cc1. The normalized spacial score (nSPS) is 11.0. The molecule has 7 nitrogen and oxygen atoms in total. The highest BCUT2D eigenvalue weighted by molar-refractivity contribution is 7.98. The van der Waals surface area contributed by atoms with Gasteiger partial charge in [-0.15, -0.1) is 0 Å². The van der Waals surface area contributed by atoms with Crippen LogP contribution in [0.25, 0.3) is 11.3 Å². The van der Waals surface area contributed by atoms with Gasteiger partial charge in [0.1, 0.15) is 11.5 Å². The summed E-state index contributed by atoms with van der Waals surface area (Å²) in [4.78, 5) is 16.7. The first-order chi connectivity index (χ1) is 14.1. The van der Waals surface area contributed by atoms with E-state index in [2.05, 4.69) is 34.5 Å². The molecule has 0 fully saturated rings. The Balaban J connectivity index is 1.37. The zero-order chi connectivity index (χ0) is 20.2. The van der Waals surface area contributed by atoms with Crippen molar-refractivity contribution in [1.82, 2.24) is 14.7 Å². The number of hydrogen-bond donors (Lipinski definition) is 1. The molecule has 0 aliphatic heterocycles. The lowest BCUT2D eigenvalue weighted by Gasteiger charge is -2.00. The largest absolute Gasteiger partial charge is 0.455 e. The number of benzene rings is 1. The van der Waals surface area contributed by atoms with Crippen LogP contribution in [0.3, 0.4) is 0 Å². The van der Waals surface area contributed by atoms with Gasteiger partial charge in [0.2, 0.25) is 5.88 Å². The molecule has 1 aromatic carbocycles. The molecule has 0 unspecified atom stereocenters. The Morgan fingerprint density at radius 3 is 2.76 bits per heavy atom. The number of nitrogens with one attached hydrogen (secondary N) is 1. The molecule has 0 atom stereocenters. The minimum atomic E-state index is -0.387. The lowest BCUT2D eigenvalue weighted by Crippen LogP contribution is -2.10. The predicted molar refractivity (Wildman–Crippen MR) is 111 cm³/mol. The maximum atomic E-state index is 12.4. The molecule has 8 heteroatoms. The van der Waals surface area contributed by atoms with Crippen molar-refractivity contribution in [2.75, 3.05) is 5.32 Å². The lowest BCUT2D eigenvalue weighted by atomic mass is 10.1. The van der Waals surface area contributed by atoms with Gasteiger partial charge in [-0.25, -0.2) is 4.98 Å². The van der Waals surface area contributed by atoms with Crippen molar-refractivity contribution in [2.45, 2.75) is 24.3 Å². The Labute approximate surface area is 172 Å². The average Bonchev–Trinajstić information content (AvgIpc) is 3.48. The van der Waals surface area contributed by atoms with Crippen LogP contribution in [0.1, 0.15) is 28.8 Å². The fourth-order valence-electron chi connectivity index (χ4n) is 2.76. The minimum absolute atomic E-state index is 0.214. The summed E-state index contributed by atoms with van der Waals surface area (Å²) in [7, 11) is 1.93. The summed E-state index contributed by atoms with van der Waals surface area (Å²) in [6, 6.07) is 13.2. The number of carbonyl (C=O) groups is 1. The van der Waals surface area contributed by atoms with Crippen molar-refractivity contribution in [2.24, 2.45) is 7.05 Å². The van der Waals surface area contributed by atoms with Crippen molar-refractivity contribution in [3.05, 3.63) is 71.9 Å². The summed E-state index contributed by atoms with van der Waals surface area (Å²) in [6.45, 7) is 2.11. The smallest absolute Gasteiger partial charge is 0.293 e. The van der Waals surface area contributed by atoms with Crippen LogP contribution in [-0.2, 0) is 19.2 Å². The average molecular weight is 408 g/mol. The van der Waals surface area contributed by atoms with E-state index in [0.29, 0.717) is 17.2 Å². The number of imidazole rings is 1. The third kappa shape index (κ3) is 4.43. The number of rotatable bonds is 7. The molecular weight excluding hydrogens is 388 g/mol. The molecule has 0 saturated heterocycles. The van der Waals surface area contributed by atoms with E-state index in [1.165, 1.54) is 17.3 Å². The quantitative estimate of drug-likeness (QED) is 0.443. The van der Waals surface area contributed by atoms with Crippen LogP contribution in [0, 0.1) is 0 Å². The first-order valence-electron chi connectivity index (χ1n) is 9.18. The molecule has 148 valence electrons. The topological polar surface area (TPSA) is 86.1 Å². The molecule has 0 aliphatic carbocycles. The molecule has 3 heterocycles. The molecule has 29 heavy (non-hydrogen) atoms. The van der Waals surface area contributed by atoms with E-state index in [0.717, 1.165) is 17.1 Å². The highest BCUT2D eigenvalue weighted by Crippen LogP contribution is 2.24. The zero-order valence-electron chi connectivity index (χ0n) is 16.1. The van der Waals surface area contributed by atoms with Gasteiger partial charge >= 0.3 is 0 Å².